The number of hydrogen-bond donors (Lipinski definition) is 1. The number of aryl methyl sites for hydroxylation is 1. The number of thiophene rings is 1. The van der Waals surface area contributed by atoms with Gasteiger partial charge in [-0.1, -0.05) is 0 Å². The van der Waals surface area contributed by atoms with Crippen LogP contribution in [0.4, 0.5) is 0 Å². The molecular formula is C10H7N3OS. The molecule has 0 amide bonds. The molecule has 0 atom stereocenters. The third-order valence-corrected chi connectivity index (χ3v) is 3.35. The number of hydrogen-bond acceptors (Lipinski definition) is 4. The molecular weight excluding hydrogens is 210 g/mol. The van der Waals surface area contributed by atoms with E-state index >= 15 is 0 Å². The molecule has 0 radical (unpaired) electrons. The van der Waals surface area contributed by atoms with Gasteiger partial charge in [0.2, 0.25) is 0 Å². The van der Waals surface area contributed by atoms with E-state index in [1.165, 1.54) is 17.7 Å². The molecule has 0 unspecified atom stereocenters. The largest absolute Gasteiger partial charge is 0.312 e. The number of fused-ring (bicyclic) bond motifs is 3. The van der Waals surface area contributed by atoms with Gasteiger partial charge < -0.3 is 4.98 Å². The van der Waals surface area contributed by atoms with Crippen LogP contribution in [0, 0.1) is 6.92 Å². The van der Waals surface area contributed by atoms with Crippen molar-refractivity contribution in [3.05, 3.63) is 34.5 Å². The minimum Gasteiger partial charge on any atom is -0.312 e. The lowest BCUT2D eigenvalue weighted by atomic mass is 10.3. The lowest BCUT2D eigenvalue weighted by Crippen LogP contribution is -2.03. The maximum absolute atomic E-state index is 11.5. The zero-order valence-corrected chi connectivity index (χ0v) is 8.76. The first-order valence-corrected chi connectivity index (χ1v) is 5.31. The van der Waals surface area contributed by atoms with Gasteiger partial charge in [0.25, 0.3) is 5.56 Å². The molecule has 0 saturated carbocycles. The van der Waals surface area contributed by atoms with Gasteiger partial charge in [0.15, 0.2) is 0 Å². The fourth-order valence-corrected chi connectivity index (χ4v) is 2.63. The van der Waals surface area contributed by atoms with E-state index in [2.05, 4.69) is 15.0 Å². The molecule has 0 bridgehead atoms. The Bertz CT molecular complexity index is 713. The summed E-state index contributed by atoms with van der Waals surface area (Å²) in [6.07, 6.45) is 1.43. The van der Waals surface area contributed by atoms with E-state index in [9.17, 15) is 4.79 Å². The first kappa shape index (κ1) is 8.55. The summed E-state index contributed by atoms with van der Waals surface area (Å²) in [5.41, 5.74) is 1.59. The zero-order chi connectivity index (χ0) is 10.4. The van der Waals surface area contributed by atoms with Gasteiger partial charge in [-0.3, -0.25) is 4.79 Å². The summed E-state index contributed by atoms with van der Waals surface area (Å²) >= 11 is 1.39. The van der Waals surface area contributed by atoms with Crippen LogP contribution in [0.1, 0.15) is 5.69 Å². The minimum atomic E-state index is -0.0966. The van der Waals surface area contributed by atoms with E-state index in [1.807, 2.05) is 19.1 Å². The molecule has 0 saturated heterocycles. The first-order chi connectivity index (χ1) is 7.25. The molecule has 0 aromatic carbocycles. The highest BCUT2D eigenvalue weighted by Crippen LogP contribution is 2.28. The summed E-state index contributed by atoms with van der Waals surface area (Å²) in [7, 11) is 0. The van der Waals surface area contributed by atoms with Crippen molar-refractivity contribution < 1.29 is 0 Å². The van der Waals surface area contributed by atoms with Crippen LogP contribution in [0.3, 0.4) is 0 Å². The molecule has 3 heterocycles. The highest BCUT2D eigenvalue weighted by atomic mass is 32.1. The first-order valence-electron chi connectivity index (χ1n) is 4.49. The molecule has 0 spiro atoms. The number of rotatable bonds is 0. The Balaban J connectivity index is 2.63. The van der Waals surface area contributed by atoms with Crippen LogP contribution < -0.4 is 5.56 Å². The van der Waals surface area contributed by atoms with Gasteiger partial charge in [-0.05, 0) is 19.1 Å². The van der Waals surface area contributed by atoms with Gasteiger partial charge in [-0.15, -0.1) is 11.3 Å². The third kappa shape index (κ3) is 1.16. The molecule has 0 aliphatic carbocycles. The zero-order valence-electron chi connectivity index (χ0n) is 7.94. The third-order valence-electron chi connectivity index (χ3n) is 2.26. The van der Waals surface area contributed by atoms with E-state index in [4.69, 9.17) is 0 Å². The summed E-state index contributed by atoms with van der Waals surface area (Å²) in [5.74, 6) is 0. The molecule has 3 aromatic heterocycles. The van der Waals surface area contributed by atoms with E-state index in [0.29, 0.717) is 4.70 Å². The molecule has 74 valence electrons. The monoisotopic (exact) mass is 217 g/mol. The van der Waals surface area contributed by atoms with Gasteiger partial charge >= 0.3 is 0 Å². The average Bonchev–Trinajstić information content (AvgIpc) is 2.57. The van der Waals surface area contributed by atoms with E-state index in [-0.39, 0.29) is 5.56 Å². The number of pyridine rings is 1. The van der Waals surface area contributed by atoms with Gasteiger partial charge in [0, 0.05) is 11.1 Å². The fourth-order valence-electron chi connectivity index (χ4n) is 1.56. The molecule has 0 aliphatic rings. The number of H-pyrrole nitrogens is 1. The molecule has 4 nitrogen and oxygen atoms in total. The predicted molar refractivity (Wildman–Crippen MR) is 60.3 cm³/mol. The standard InChI is InChI=1S/C10H7N3OS/c1-5-2-3-6-7-8(15-10(6)13-5)9(14)12-4-11-7/h2-4H,1H3,(H,11,12,14). The molecule has 1 N–H and O–H groups in total. The van der Waals surface area contributed by atoms with Gasteiger partial charge in [0.1, 0.15) is 9.53 Å². The van der Waals surface area contributed by atoms with Crippen LogP contribution in [0.15, 0.2) is 23.3 Å². The molecule has 3 rings (SSSR count). The van der Waals surface area contributed by atoms with Crippen molar-refractivity contribution in [2.45, 2.75) is 6.92 Å². The van der Waals surface area contributed by atoms with Crippen molar-refractivity contribution in [3.8, 4) is 0 Å². The Morgan fingerprint density at radius 3 is 3.13 bits per heavy atom. The van der Waals surface area contributed by atoms with Crippen molar-refractivity contribution in [1.82, 2.24) is 15.0 Å². The van der Waals surface area contributed by atoms with Crippen molar-refractivity contribution in [2.24, 2.45) is 0 Å². The maximum Gasteiger partial charge on any atom is 0.268 e. The number of nitrogens with zero attached hydrogens (tertiary/aromatic N) is 2. The van der Waals surface area contributed by atoms with Crippen molar-refractivity contribution in [2.75, 3.05) is 0 Å². The highest BCUT2D eigenvalue weighted by Gasteiger charge is 2.09. The summed E-state index contributed by atoms with van der Waals surface area (Å²) < 4.78 is 0.644. The van der Waals surface area contributed by atoms with Gasteiger partial charge in [0.05, 0.1) is 11.8 Å². The van der Waals surface area contributed by atoms with Crippen LogP contribution in [-0.2, 0) is 0 Å². The molecule has 0 fully saturated rings. The number of aromatic nitrogens is 3. The lowest BCUT2D eigenvalue weighted by molar-refractivity contribution is 1.18. The molecule has 5 heteroatoms. The minimum absolute atomic E-state index is 0.0966. The van der Waals surface area contributed by atoms with Crippen LogP contribution >= 0.6 is 11.3 Å². The van der Waals surface area contributed by atoms with Crippen LogP contribution in [0.5, 0.6) is 0 Å². The number of aromatic amines is 1. The van der Waals surface area contributed by atoms with E-state index < -0.39 is 0 Å². The van der Waals surface area contributed by atoms with Crippen molar-refractivity contribution >= 4 is 31.8 Å². The average molecular weight is 217 g/mol. The van der Waals surface area contributed by atoms with Gasteiger partial charge in [-0.2, -0.15) is 0 Å². The van der Waals surface area contributed by atoms with Crippen LogP contribution in [-0.4, -0.2) is 15.0 Å². The lowest BCUT2D eigenvalue weighted by Gasteiger charge is -1.90. The Hall–Kier alpha value is -1.75. The predicted octanol–water partition coefficient (Wildman–Crippen LogP) is 1.84. The Kier molecular flexibility index (Phi) is 1.63. The summed E-state index contributed by atoms with van der Waals surface area (Å²) in [5, 5.41) is 0.951. The second-order valence-corrected chi connectivity index (χ2v) is 4.32. The van der Waals surface area contributed by atoms with E-state index in [1.54, 1.807) is 0 Å². The smallest absolute Gasteiger partial charge is 0.268 e. The Morgan fingerprint density at radius 1 is 1.40 bits per heavy atom. The highest BCUT2D eigenvalue weighted by molar-refractivity contribution is 7.25. The van der Waals surface area contributed by atoms with Crippen LogP contribution in [0.2, 0.25) is 0 Å². The SMILES string of the molecule is Cc1ccc2c(n1)sc1c(=O)[nH]cnc12. The fraction of sp³-hybridized carbons (Fsp3) is 0.100. The Morgan fingerprint density at radius 2 is 2.27 bits per heavy atom. The van der Waals surface area contributed by atoms with E-state index in [0.717, 1.165) is 21.4 Å². The quantitative estimate of drug-likeness (QED) is 0.625. The molecule has 3 aromatic rings. The molecule has 15 heavy (non-hydrogen) atoms. The number of nitrogens with one attached hydrogen (secondary N) is 1. The van der Waals surface area contributed by atoms with Gasteiger partial charge in [-0.25, -0.2) is 9.97 Å². The van der Waals surface area contributed by atoms with Crippen LogP contribution in [0.25, 0.3) is 20.4 Å². The normalized spacial score (nSPS) is 11.3. The summed E-state index contributed by atoms with van der Waals surface area (Å²) in [4.78, 5) is 23.5. The second-order valence-electron chi connectivity index (χ2n) is 3.32. The summed E-state index contributed by atoms with van der Waals surface area (Å²) in [6, 6.07) is 3.89. The second kappa shape index (κ2) is 2.87. The maximum atomic E-state index is 11.5. The topological polar surface area (TPSA) is 58.6 Å². The van der Waals surface area contributed by atoms with Crippen molar-refractivity contribution in [1.29, 1.82) is 0 Å². The molecule has 0 aliphatic heterocycles. The Labute approximate surface area is 88.6 Å². The summed E-state index contributed by atoms with van der Waals surface area (Å²) in [6.45, 7) is 1.93. The van der Waals surface area contributed by atoms with Crippen molar-refractivity contribution in [3.63, 3.8) is 0 Å².